The molecular formula is C44H63N3O5. The molecule has 2 aromatic carbocycles. The number of hydrogen-bond acceptors (Lipinski definition) is 6. The van der Waals surface area contributed by atoms with Gasteiger partial charge in [0.05, 0.1) is 5.56 Å². The lowest BCUT2D eigenvalue weighted by Crippen LogP contribution is -2.59. The predicted molar refractivity (Wildman–Crippen MR) is 207 cm³/mol. The highest BCUT2D eigenvalue weighted by atomic mass is 16.5. The van der Waals surface area contributed by atoms with Gasteiger partial charge in [0.25, 0.3) is 0 Å². The molecule has 2 aromatic rings. The molecule has 6 rings (SSSR count). The highest BCUT2D eigenvalue weighted by Gasteiger charge is 2.61. The maximum atomic E-state index is 13.0. The Labute approximate surface area is 312 Å². The molecule has 8 nitrogen and oxygen atoms in total. The summed E-state index contributed by atoms with van der Waals surface area (Å²) in [4.78, 5) is 37.4. The zero-order valence-corrected chi connectivity index (χ0v) is 32.4. The van der Waals surface area contributed by atoms with Gasteiger partial charge < -0.3 is 25.8 Å². The molecule has 2 amide bonds. The number of para-hydroxylation sites is 1. The van der Waals surface area contributed by atoms with Gasteiger partial charge in [0.1, 0.15) is 18.5 Å². The summed E-state index contributed by atoms with van der Waals surface area (Å²) in [7, 11) is 0. The van der Waals surface area contributed by atoms with Crippen molar-refractivity contribution in [1.29, 1.82) is 0 Å². The molecule has 3 aliphatic carbocycles. The second-order valence-electron chi connectivity index (χ2n) is 17.2. The van der Waals surface area contributed by atoms with E-state index in [0.29, 0.717) is 48.5 Å². The van der Waals surface area contributed by atoms with Crippen molar-refractivity contribution in [2.45, 2.75) is 117 Å². The van der Waals surface area contributed by atoms with E-state index in [-0.39, 0.29) is 52.5 Å². The van der Waals surface area contributed by atoms with Crippen molar-refractivity contribution in [2.75, 3.05) is 19.7 Å². The summed E-state index contributed by atoms with van der Waals surface area (Å²) in [5.41, 5.74) is 1.75. The quantitative estimate of drug-likeness (QED) is 0.138. The van der Waals surface area contributed by atoms with Crippen LogP contribution in [0.2, 0.25) is 0 Å². The molecule has 0 radical (unpaired) electrons. The van der Waals surface area contributed by atoms with E-state index in [1.807, 2.05) is 42.5 Å². The second-order valence-corrected chi connectivity index (χ2v) is 17.2. The van der Waals surface area contributed by atoms with Crippen molar-refractivity contribution in [3.63, 3.8) is 0 Å². The van der Waals surface area contributed by atoms with Crippen LogP contribution in [0.15, 0.2) is 66.7 Å². The van der Waals surface area contributed by atoms with Crippen LogP contribution < -0.4 is 20.7 Å². The van der Waals surface area contributed by atoms with Crippen LogP contribution >= 0.6 is 0 Å². The number of amides is 2. The van der Waals surface area contributed by atoms with E-state index in [1.54, 1.807) is 18.2 Å². The predicted octanol–water partition coefficient (Wildman–Crippen LogP) is 7.06. The molecule has 1 aliphatic heterocycles. The molecule has 4 aliphatic rings. The third-order valence-corrected chi connectivity index (χ3v) is 12.4. The highest BCUT2D eigenvalue weighted by Crippen LogP contribution is 2.65. The number of ether oxygens (including phenoxy) is 1. The Hall–Kier alpha value is -3.49. The first-order chi connectivity index (χ1) is 24.7. The first-order valence-corrected chi connectivity index (χ1v) is 19.7. The Kier molecular flexibility index (Phi) is 13.1. The fourth-order valence-corrected chi connectivity index (χ4v) is 9.77. The van der Waals surface area contributed by atoms with Crippen LogP contribution in [0, 0.1) is 34.5 Å². The average Bonchev–Trinajstić information content (AvgIpc) is 3.48. The zero-order chi connectivity index (χ0) is 37.5. The van der Waals surface area contributed by atoms with Crippen molar-refractivity contribution in [3.05, 3.63) is 77.9 Å². The first-order valence-electron chi connectivity index (χ1n) is 19.7. The number of Topliss-reactive ketones (excluding diaryl/α,β-unsaturated/α-hetero) is 1. The summed E-state index contributed by atoms with van der Waals surface area (Å²) in [6.07, 6.45) is 12.3. The normalized spacial score (nSPS) is 29.7. The molecule has 284 valence electrons. The van der Waals surface area contributed by atoms with Crippen molar-refractivity contribution < 1.29 is 24.2 Å². The fraction of sp³-hybridized carbons (Fsp3) is 0.614. The molecule has 1 heterocycles. The molecule has 0 spiro atoms. The van der Waals surface area contributed by atoms with Gasteiger partial charge in [-0.1, -0.05) is 69.3 Å². The van der Waals surface area contributed by atoms with Crippen LogP contribution in [0.4, 0.5) is 0 Å². The third-order valence-electron chi connectivity index (χ3n) is 12.4. The van der Waals surface area contributed by atoms with Gasteiger partial charge in [-0.15, -0.1) is 0 Å². The molecule has 3 fully saturated rings. The maximum absolute atomic E-state index is 13.0. The first kappa shape index (κ1) is 39.7. The van der Waals surface area contributed by atoms with E-state index in [1.165, 1.54) is 19.3 Å². The van der Waals surface area contributed by atoms with E-state index in [2.05, 4.69) is 63.6 Å². The van der Waals surface area contributed by atoms with Crippen LogP contribution in [0.5, 0.6) is 5.75 Å². The van der Waals surface area contributed by atoms with Crippen LogP contribution in [-0.4, -0.2) is 60.1 Å². The lowest BCUT2D eigenvalue weighted by Gasteiger charge is -2.58. The Morgan fingerprint density at radius 2 is 1.71 bits per heavy atom. The molecule has 3 saturated carbocycles. The second kappa shape index (κ2) is 17.1. The Balaban J connectivity index is 0.000000202. The van der Waals surface area contributed by atoms with Crippen molar-refractivity contribution in [2.24, 2.45) is 34.5 Å². The lowest BCUT2D eigenvalue weighted by molar-refractivity contribution is -0.135. The van der Waals surface area contributed by atoms with Gasteiger partial charge >= 0.3 is 0 Å². The number of hydrogen-bond donors (Lipinski definition) is 4. The number of fused-ring (bicyclic) bond motifs is 5. The molecular weight excluding hydrogens is 651 g/mol. The van der Waals surface area contributed by atoms with Crippen LogP contribution in [-0.2, 0) is 16.0 Å². The maximum Gasteiger partial charge on any atom is 0.243 e. The number of carbonyl (C=O) groups is 3. The smallest absolute Gasteiger partial charge is 0.243 e. The van der Waals surface area contributed by atoms with Gasteiger partial charge in [0, 0.05) is 35.9 Å². The minimum atomic E-state index is -0.598. The molecule has 8 heteroatoms. The average molecular weight is 714 g/mol. The van der Waals surface area contributed by atoms with Gasteiger partial charge in [0.2, 0.25) is 11.8 Å². The summed E-state index contributed by atoms with van der Waals surface area (Å²) in [5, 5.41) is 19.6. The van der Waals surface area contributed by atoms with Crippen LogP contribution in [0.3, 0.4) is 0 Å². The minimum absolute atomic E-state index is 0.0538. The summed E-state index contributed by atoms with van der Waals surface area (Å²) in [6, 6.07) is 17.5. The molecule has 8 atom stereocenters. The van der Waals surface area contributed by atoms with E-state index < -0.39 is 6.10 Å². The van der Waals surface area contributed by atoms with Crippen LogP contribution in [0.1, 0.15) is 109 Å². The zero-order valence-electron chi connectivity index (χ0n) is 32.4. The van der Waals surface area contributed by atoms with E-state index >= 15 is 0 Å². The van der Waals surface area contributed by atoms with E-state index in [0.717, 1.165) is 37.8 Å². The van der Waals surface area contributed by atoms with Crippen molar-refractivity contribution in [1.82, 2.24) is 16.0 Å². The number of aliphatic hydroxyl groups is 1. The van der Waals surface area contributed by atoms with Crippen molar-refractivity contribution >= 4 is 17.6 Å². The van der Waals surface area contributed by atoms with Gasteiger partial charge in [0.15, 0.2) is 5.78 Å². The highest BCUT2D eigenvalue weighted by molar-refractivity contribution is 5.98. The third kappa shape index (κ3) is 9.35. The lowest BCUT2D eigenvalue weighted by atomic mass is 9.48. The SMILES string of the molecule is CC(C)(C)NC(=O)[C@H]1CC[C@H]2[C@@H]3CC[C@H]4NC(=O)C=C[C@]4(C)[C@H]3CC[C@]12C.CCCNCC(O)COc1ccccc1C(=O)CCc1ccccc1. The number of ketones is 1. The molecule has 52 heavy (non-hydrogen) atoms. The topological polar surface area (TPSA) is 117 Å². The molecule has 1 unspecified atom stereocenters. The van der Waals surface area contributed by atoms with Gasteiger partial charge in [-0.3, -0.25) is 14.4 Å². The Morgan fingerprint density at radius 3 is 2.44 bits per heavy atom. The van der Waals surface area contributed by atoms with Crippen LogP contribution in [0.25, 0.3) is 0 Å². The largest absolute Gasteiger partial charge is 0.490 e. The number of benzene rings is 2. The number of carbonyl (C=O) groups excluding carboxylic acids is 3. The fourth-order valence-electron chi connectivity index (χ4n) is 9.77. The number of aryl methyl sites for hydroxylation is 1. The van der Waals surface area contributed by atoms with Gasteiger partial charge in [-0.2, -0.15) is 0 Å². The summed E-state index contributed by atoms with van der Waals surface area (Å²) < 4.78 is 5.69. The molecule has 4 N–H and O–H groups in total. The summed E-state index contributed by atoms with van der Waals surface area (Å²) in [6.45, 7) is 14.6. The van der Waals surface area contributed by atoms with E-state index in [4.69, 9.17) is 4.74 Å². The summed E-state index contributed by atoms with van der Waals surface area (Å²) in [5.74, 6) is 3.00. The number of aliphatic hydroxyl groups excluding tert-OH is 1. The van der Waals surface area contributed by atoms with Gasteiger partial charge in [-0.05, 0) is 126 Å². The Morgan fingerprint density at radius 1 is 0.981 bits per heavy atom. The Bertz CT molecular complexity index is 1550. The monoisotopic (exact) mass is 713 g/mol. The summed E-state index contributed by atoms with van der Waals surface area (Å²) >= 11 is 0. The number of nitrogens with one attached hydrogen (secondary N) is 3. The van der Waals surface area contributed by atoms with Gasteiger partial charge in [-0.25, -0.2) is 0 Å². The molecule has 0 saturated heterocycles. The molecule has 0 aromatic heterocycles. The standard InChI is InChI=1S/C23H36N2O2.C21H27NO3/c1-21(2,3)25-20(27)17-8-7-15-14-6-9-18-23(5,13-11-19(26)24-18)16(14)10-12-22(15,17)4;1-2-14-22-15-18(23)16-25-21-11-7-6-10-19(21)20(24)13-12-17-8-4-3-5-9-17/h11,13-18H,6-10,12H2,1-5H3,(H,24,26)(H,25,27);3-11,18,22-23H,2,12-16H2,1H3/t14-,15-,16-,17+,18+,22-,23+;/m0./s1. The van der Waals surface area contributed by atoms with E-state index in [9.17, 15) is 19.5 Å². The van der Waals surface area contributed by atoms with Crippen molar-refractivity contribution in [3.8, 4) is 5.75 Å². The number of rotatable bonds is 12. The molecule has 0 bridgehead atoms. The minimum Gasteiger partial charge on any atom is -0.490 e.